The van der Waals surface area contributed by atoms with Gasteiger partial charge in [-0.2, -0.15) is 0 Å². The number of Topliss-reactive ketones (excluding diaryl/α,β-unsaturated/α-hetero) is 1. The predicted molar refractivity (Wildman–Crippen MR) is 220 cm³/mol. The van der Waals surface area contributed by atoms with Crippen LogP contribution >= 0.6 is 0 Å². The molecular formula is C43H57N3O20. The first-order valence-electron chi connectivity index (χ1n) is 21.6. The molecule has 2 aromatic rings. The number of amides is 1. The SMILES string of the molecule is CC1OCC2OC(O[C@@H]3c4cc5c(cc4[C@@H](c4cc(CO)c(OC(=O)OC(=O)N(C)CCNCC(=O)COCCOCCOCCN)c(CO)c4)[C@H]4C(=O)OC[C@@H]43)OCO5)C(O)C(O)C2O1. The van der Waals surface area contributed by atoms with E-state index in [1.165, 1.54) is 19.2 Å². The lowest BCUT2D eigenvalue weighted by Gasteiger charge is -2.47. The van der Waals surface area contributed by atoms with Gasteiger partial charge in [-0.25, -0.2) is 9.59 Å². The number of aliphatic hydroxyl groups is 4. The Morgan fingerprint density at radius 1 is 0.879 bits per heavy atom. The van der Waals surface area contributed by atoms with Crippen molar-refractivity contribution in [3.05, 3.63) is 52.1 Å². The van der Waals surface area contributed by atoms with Crippen molar-refractivity contribution in [3.8, 4) is 17.2 Å². The average Bonchev–Trinajstić information content (AvgIpc) is 3.94. The molecular weight excluding hydrogens is 878 g/mol. The van der Waals surface area contributed by atoms with Crippen LogP contribution in [-0.4, -0.2) is 179 Å². The first-order chi connectivity index (χ1) is 31.9. The third-order valence-corrected chi connectivity index (χ3v) is 11.7. The number of hydrogen-bond acceptors (Lipinski definition) is 22. The van der Waals surface area contributed by atoms with Gasteiger partial charge in [-0.05, 0) is 47.9 Å². The number of hydrogen-bond donors (Lipinski definition) is 6. The van der Waals surface area contributed by atoms with E-state index in [1.807, 2.05) is 0 Å². The van der Waals surface area contributed by atoms with Gasteiger partial charge in [0.25, 0.3) is 0 Å². The van der Waals surface area contributed by atoms with Gasteiger partial charge in [-0.15, -0.1) is 0 Å². The molecule has 0 aromatic heterocycles. The predicted octanol–water partition coefficient (Wildman–Crippen LogP) is -0.665. The molecule has 3 saturated heterocycles. The summed E-state index contributed by atoms with van der Waals surface area (Å²) in [5.74, 6) is -2.76. The second-order valence-electron chi connectivity index (χ2n) is 16.1. The summed E-state index contributed by atoms with van der Waals surface area (Å²) in [6, 6.07) is 6.40. The maximum absolute atomic E-state index is 13.8. The van der Waals surface area contributed by atoms with E-state index < -0.39 is 92.3 Å². The lowest BCUT2D eigenvalue weighted by molar-refractivity contribution is -0.364. The number of benzene rings is 2. The van der Waals surface area contributed by atoms with Crippen LogP contribution in [0.5, 0.6) is 17.2 Å². The number of carbonyl (C=O) groups is 4. The molecule has 6 unspecified atom stereocenters. The highest BCUT2D eigenvalue weighted by molar-refractivity contribution is 5.83. The minimum absolute atomic E-state index is 0.0182. The summed E-state index contributed by atoms with van der Waals surface area (Å²) in [6.07, 6.45) is -10.1. The molecule has 23 heteroatoms. The molecule has 3 fully saturated rings. The van der Waals surface area contributed by atoms with Crippen molar-refractivity contribution in [2.24, 2.45) is 17.6 Å². The van der Waals surface area contributed by atoms with Gasteiger partial charge >= 0.3 is 18.2 Å². The number of cyclic esters (lactones) is 1. The molecule has 4 aliphatic heterocycles. The second-order valence-corrected chi connectivity index (χ2v) is 16.1. The van der Waals surface area contributed by atoms with Crippen LogP contribution < -0.4 is 25.3 Å². The van der Waals surface area contributed by atoms with Crippen molar-refractivity contribution < 1.29 is 96.4 Å². The van der Waals surface area contributed by atoms with E-state index in [0.717, 1.165) is 4.90 Å². The monoisotopic (exact) mass is 935 g/mol. The topological polar surface area (TPSA) is 301 Å². The van der Waals surface area contributed by atoms with E-state index in [4.69, 9.17) is 62.6 Å². The summed E-state index contributed by atoms with van der Waals surface area (Å²) in [7, 11) is 1.37. The zero-order valence-corrected chi connectivity index (χ0v) is 36.5. The van der Waals surface area contributed by atoms with Gasteiger partial charge in [-0.3, -0.25) is 9.59 Å². The number of ether oxygens (including phenoxy) is 12. The zero-order valence-electron chi connectivity index (χ0n) is 36.5. The van der Waals surface area contributed by atoms with Gasteiger partial charge in [0.1, 0.15) is 36.8 Å². The first kappa shape index (κ1) is 49.3. The Morgan fingerprint density at radius 2 is 1.56 bits per heavy atom. The fraction of sp³-hybridized carbons (Fsp3) is 0.628. The Kier molecular flexibility index (Phi) is 17.1. The molecule has 66 heavy (non-hydrogen) atoms. The van der Waals surface area contributed by atoms with Crippen LogP contribution in [0.25, 0.3) is 0 Å². The molecule has 23 nitrogen and oxygen atoms in total. The van der Waals surface area contributed by atoms with Gasteiger partial charge < -0.3 is 93.2 Å². The molecule has 5 aliphatic rings. The van der Waals surface area contributed by atoms with E-state index in [0.29, 0.717) is 61.2 Å². The minimum Gasteiger partial charge on any atom is -0.465 e. The quantitative estimate of drug-likeness (QED) is 0.0392. The van der Waals surface area contributed by atoms with E-state index in [9.17, 15) is 39.6 Å². The number of likely N-dealkylation sites (N-methyl/N-ethyl adjacent to an activating group) is 1. The summed E-state index contributed by atoms with van der Waals surface area (Å²) < 4.78 is 67.1. The number of nitrogens with one attached hydrogen (secondary N) is 1. The molecule has 4 heterocycles. The minimum atomic E-state index is -1.54. The number of esters is 1. The van der Waals surface area contributed by atoms with Crippen molar-refractivity contribution in [2.75, 3.05) is 92.9 Å². The van der Waals surface area contributed by atoms with Gasteiger partial charge in [0.05, 0.1) is 78.0 Å². The molecule has 0 radical (unpaired) electrons. The number of rotatable bonds is 21. The molecule has 1 aliphatic carbocycles. The third kappa shape index (κ3) is 11.4. The fourth-order valence-electron chi connectivity index (χ4n) is 8.55. The van der Waals surface area contributed by atoms with E-state index in [1.54, 1.807) is 19.1 Å². The molecule has 0 spiro atoms. The van der Waals surface area contributed by atoms with Crippen molar-refractivity contribution in [2.45, 2.75) is 69.2 Å². The second kappa shape index (κ2) is 22.9. The van der Waals surface area contributed by atoms with Crippen LogP contribution in [0.1, 0.15) is 46.8 Å². The highest BCUT2D eigenvalue weighted by Crippen LogP contribution is 2.56. The zero-order chi connectivity index (χ0) is 46.9. The summed E-state index contributed by atoms with van der Waals surface area (Å²) in [5, 5.41) is 46.3. The number of fused-ring (bicyclic) bond motifs is 4. The van der Waals surface area contributed by atoms with Crippen LogP contribution in [0.4, 0.5) is 9.59 Å². The molecule has 2 aromatic carbocycles. The van der Waals surface area contributed by atoms with E-state index in [-0.39, 0.29) is 75.5 Å². The van der Waals surface area contributed by atoms with Gasteiger partial charge in [-0.1, -0.05) is 0 Å². The average molecular weight is 936 g/mol. The Balaban J connectivity index is 1.00. The summed E-state index contributed by atoms with van der Waals surface area (Å²) >= 11 is 0. The molecule has 0 bridgehead atoms. The number of aliphatic hydroxyl groups excluding tert-OH is 4. The molecule has 1 amide bonds. The maximum atomic E-state index is 13.8. The van der Waals surface area contributed by atoms with Crippen LogP contribution in [-0.2, 0) is 65.4 Å². The third-order valence-electron chi connectivity index (χ3n) is 11.7. The maximum Gasteiger partial charge on any atom is 0.523 e. The number of nitrogens with zero attached hydrogens (tertiary/aromatic N) is 1. The highest BCUT2D eigenvalue weighted by atomic mass is 16.8. The van der Waals surface area contributed by atoms with Crippen LogP contribution in [0.15, 0.2) is 24.3 Å². The van der Waals surface area contributed by atoms with Crippen LogP contribution in [0, 0.1) is 11.8 Å². The normalized spacial score (nSPS) is 27.3. The molecule has 364 valence electrons. The van der Waals surface area contributed by atoms with Gasteiger partial charge in [0, 0.05) is 49.6 Å². The Bertz CT molecular complexity index is 2000. The lowest BCUT2D eigenvalue weighted by atomic mass is 9.66. The molecule has 0 saturated carbocycles. The summed E-state index contributed by atoms with van der Waals surface area (Å²) in [5.41, 5.74) is 6.84. The molecule has 10 atom stereocenters. The van der Waals surface area contributed by atoms with Gasteiger partial charge in [0.2, 0.25) is 6.79 Å². The molecule has 7 N–H and O–H groups in total. The van der Waals surface area contributed by atoms with Gasteiger partial charge in [0.15, 0.2) is 29.9 Å². The number of nitrogens with two attached hydrogens (primary N) is 1. The van der Waals surface area contributed by atoms with Crippen molar-refractivity contribution >= 4 is 24.0 Å². The lowest BCUT2D eigenvalue weighted by Crippen LogP contribution is -2.63. The summed E-state index contributed by atoms with van der Waals surface area (Å²) in [6.45, 7) is 2.38. The van der Waals surface area contributed by atoms with Crippen molar-refractivity contribution in [1.82, 2.24) is 10.2 Å². The highest BCUT2D eigenvalue weighted by Gasteiger charge is 2.56. The number of carbonyl (C=O) groups excluding carboxylic acids is 4. The Morgan fingerprint density at radius 3 is 2.26 bits per heavy atom. The van der Waals surface area contributed by atoms with E-state index >= 15 is 0 Å². The fourth-order valence-corrected chi connectivity index (χ4v) is 8.55. The Hall–Kier alpha value is -4.60. The number of ketones is 1. The van der Waals surface area contributed by atoms with Crippen molar-refractivity contribution in [1.29, 1.82) is 0 Å². The van der Waals surface area contributed by atoms with Crippen LogP contribution in [0.3, 0.4) is 0 Å². The standard InChI is InChI=1S/C43H57N3O20/c1-22-58-20-32-39(62-22)35(50)36(51)41(63-32)64-38-28-14-31-30(60-21-61-31)13-27(28)33(34-29(38)19-59-40(34)52)23-11-24(16-47)37(25(12-23)17-48)65-43(54)66-42(53)46(2)5-4-45-15-26(49)18-57-10-9-56-8-7-55-6-3-44/h11-14,22,29,32-36,38-39,41,45,47-48,50-51H,3-10,15-21,44H2,1-2H3/t22?,29-,32?,33+,34-,35?,36?,38+,39?,41?/m0/s1. The largest absolute Gasteiger partial charge is 0.523 e. The molecule has 7 rings (SSSR count). The van der Waals surface area contributed by atoms with E-state index in [2.05, 4.69) is 5.32 Å². The Labute approximate surface area is 379 Å². The van der Waals surface area contributed by atoms with Crippen LogP contribution in [0.2, 0.25) is 0 Å². The summed E-state index contributed by atoms with van der Waals surface area (Å²) in [4.78, 5) is 52.7. The van der Waals surface area contributed by atoms with Crippen molar-refractivity contribution in [3.63, 3.8) is 0 Å². The first-order valence-corrected chi connectivity index (χ1v) is 21.6. The smallest absolute Gasteiger partial charge is 0.465 e.